The lowest BCUT2D eigenvalue weighted by atomic mass is 10.3. The number of amidine groups is 1. The summed E-state index contributed by atoms with van der Waals surface area (Å²) in [6, 6.07) is 9.59. The number of hydrogen-bond donors (Lipinski definition) is 2. The summed E-state index contributed by atoms with van der Waals surface area (Å²) >= 11 is 0. The van der Waals surface area contributed by atoms with Crippen molar-refractivity contribution in [2.24, 2.45) is 10.8 Å². The number of benzene rings is 1. The molecule has 0 bridgehead atoms. The highest BCUT2D eigenvalue weighted by Crippen LogP contribution is 2.10. The van der Waals surface area contributed by atoms with Crippen molar-refractivity contribution in [3.05, 3.63) is 30.3 Å². The fourth-order valence-electron chi connectivity index (χ4n) is 0.994. The molecule has 0 spiro atoms. The van der Waals surface area contributed by atoms with Crippen LogP contribution in [0.25, 0.3) is 0 Å². The molecule has 0 saturated carbocycles. The number of ether oxygens (including phenoxy) is 1. The van der Waals surface area contributed by atoms with Crippen LogP contribution in [0.1, 0.15) is 6.92 Å². The van der Waals surface area contributed by atoms with Crippen LogP contribution in [-0.4, -0.2) is 19.0 Å². The molecule has 1 rings (SSSR count). The van der Waals surface area contributed by atoms with Gasteiger partial charge in [0.25, 0.3) is 0 Å². The van der Waals surface area contributed by atoms with Gasteiger partial charge in [0.1, 0.15) is 11.9 Å². The van der Waals surface area contributed by atoms with Gasteiger partial charge in [0.05, 0.1) is 5.69 Å². The Labute approximate surface area is 83.8 Å². The smallest absolute Gasteiger partial charge is 0.145 e. The van der Waals surface area contributed by atoms with Gasteiger partial charge in [0, 0.05) is 7.11 Å². The van der Waals surface area contributed by atoms with E-state index < -0.39 is 0 Å². The Balaban J connectivity index is 2.84. The molecule has 4 nitrogen and oxygen atoms in total. The summed E-state index contributed by atoms with van der Waals surface area (Å²) in [7, 11) is 1.61. The van der Waals surface area contributed by atoms with Gasteiger partial charge in [-0.15, -0.1) is 0 Å². The molecule has 1 atom stereocenters. The van der Waals surface area contributed by atoms with Crippen LogP contribution >= 0.6 is 0 Å². The van der Waals surface area contributed by atoms with Crippen molar-refractivity contribution < 1.29 is 4.74 Å². The van der Waals surface area contributed by atoms with Crippen molar-refractivity contribution in [1.29, 1.82) is 0 Å². The topological polar surface area (TPSA) is 59.6 Å². The molecule has 1 unspecified atom stereocenters. The van der Waals surface area contributed by atoms with Gasteiger partial charge in [0.2, 0.25) is 0 Å². The zero-order valence-electron chi connectivity index (χ0n) is 8.40. The van der Waals surface area contributed by atoms with Crippen LogP contribution in [0.4, 0.5) is 5.69 Å². The third-order valence-electron chi connectivity index (χ3n) is 1.89. The second-order valence-electron chi connectivity index (χ2n) is 2.85. The lowest BCUT2D eigenvalue weighted by Crippen LogP contribution is -2.38. The van der Waals surface area contributed by atoms with E-state index in [0.717, 1.165) is 5.69 Å². The second-order valence-corrected chi connectivity index (χ2v) is 2.85. The van der Waals surface area contributed by atoms with Crippen LogP contribution in [0, 0.1) is 0 Å². The maximum absolute atomic E-state index is 5.34. The molecule has 0 heterocycles. The number of hydrogen-bond acceptors (Lipinski definition) is 3. The monoisotopic (exact) mass is 193 g/mol. The summed E-state index contributed by atoms with van der Waals surface area (Å²) in [5.41, 5.74) is 3.38. The van der Waals surface area contributed by atoms with Gasteiger partial charge in [-0.2, -0.15) is 0 Å². The summed E-state index contributed by atoms with van der Waals surface area (Å²) < 4.78 is 5.10. The summed E-state index contributed by atoms with van der Waals surface area (Å²) in [4.78, 5) is 4.30. The molecule has 14 heavy (non-hydrogen) atoms. The minimum absolute atomic E-state index is 0.139. The molecule has 3 N–H and O–H groups in total. The molecular weight excluding hydrogens is 178 g/mol. The van der Waals surface area contributed by atoms with Crippen LogP contribution in [0.2, 0.25) is 0 Å². The zero-order valence-corrected chi connectivity index (χ0v) is 8.40. The van der Waals surface area contributed by atoms with Crippen LogP contribution in [-0.2, 0) is 4.74 Å². The highest BCUT2D eigenvalue weighted by molar-refractivity contribution is 5.88. The summed E-state index contributed by atoms with van der Waals surface area (Å²) in [6.45, 7) is 1.88. The number of rotatable bonds is 3. The third-order valence-corrected chi connectivity index (χ3v) is 1.89. The van der Waals surface area contributed by atoms with E-state index in [9.17, 15) is 0 Å². The molecule has 0 aliphatic rings. The molecule has 0 saturated heterocycles. The van der Waals surface area contributed by atoms with Crippen LogP contribution in [0.15, 0.2) is 35.3 Å². The van der Waals surface area contributed by atoms with Crippen molar-refractivity contribution in [1.82, 2.24) is 5.43 Å². The van der Waals surface area contributed by atoms with Crippen LogP contribution in [0.5, 0.6) is 0 Å². The number of hydrazine groups is 1. The highest BCUT2D eigenvalue weighted by atomic mass is 16.5. The van der Waals surface area contributed by atoms with Crippen molar-refractivity contribution >= 4 is 11.5 Å². The Bertz CT molecular complexity index is 297. The number of nitrogens with one attached hydrogen (secondary N) is 1. The van der Waals surface area contributed by atoms with E-state index in [-0.39, 0.29) is 6.10 Å². The molecule has 0 aliphatic heterocycles. The third kappa shape index (κ3) is 2.83. The lowest BCUT2D eigenvalue weighted by molar-refractivity contribution is 0.167. The fourth-order valence-corrected chi connectivity index (χ4v) is 0.994. The Hall–Kier alpha value is -1.39. The maximum Gasteiger partial charge on any atom is 0.145 e. The van der Waals surface area contributed by atoms with Crippen molar-refractivity contribution in [2.75, 3.05) is 7.11 Å². The Morgan fingerprint density at radius 2 is 2.07 bits per heavy atom. The van der Waals surface area contributed by atoms with Gasteiger partial charge in [-0.25, -0.2) is 10.8 Å². The molecule has 0 aliphatic carbocycles. The van der Waals surface area contributed by atoms with E-state index in [1.54, 1.807) is 7.11 Å². The first-order valence-electron chi connectivity index (χ1n) is 4.41. The Morgan fingerprint density at radius 3 is 2.57 bits per heavy atom. The van der Waals surface area contributed by atoms with Crippen molar-refractivity contribution in [2.45, 2.75) is 13.0 Å². The average molecular weight is 193 g/mol. The van der Waals surface area contributed by atoms with Gasteiger partial charge in [-0.1, -0.05) is 18.2 Å². The maximum atomic E-state index is 5.34. The molecule has 0 aromatic heterocycles. The lowest BCUT2D eigenvalue weighted by Gasteiger charge is -2.11. The summed E-state index contributed by atoms with van der Waals surface area (Å²) in [5, 5.41) is 0. The van der Waals surface area contributed by atoms with Crippen LogP contribution < -0.4 is 11.3 Å². The minimum Gasteiger partial charge on any atom is -0.374 e. The quantitative estimate of drug-likeness (QED) is 0.328. The molecule has 0 fully saturated rings. The summed E-state index contributed by atoms with van der Waals surface area (Å²) in [5.74, 6) is 5.95. The normalized spacial score (nSPS) is 13.8. The first kappa shape index (κ1) is 10.7. The van der Waals surface area contributed by atoms with Gasteiger partial charge in [-0.3, -0.25) is 0 Å². The number of para-hydroxylation sites is 1. The largest absolute Gasteiger partial charge is 0.374 e. The van der Waals surface area contributed by atoms with Crippen molar-refractivity contribution in [3.63, 3.8) is 0 Å². The second kappa shape index (κ2) is 5.36. The highest BCUT2D eigenvalue weighted by Gasteiger charge is 2.06. The first-order valence-corrected chi connectivity index (χ1v) is 4.41. The fraction of sp³-hybridized carbons (Fsp3) is 0.300. The van der Waals surface area contributed by atoms with E-state index in [1.807, 2.05) is 37.3 Å². The van der Waals surface area contributed by atoms with Gasteiger partial charge in [0.15, 0.2) is 0 Å². The number of aliphatic imine (C=N–C) groups is 1. The van der Waals surface area contributed by atoms with E-state index in [0.29, 0.717) is 5.84 Å². The van der Waals surface area contributed by atoms with Crippen molar-refractivity contribution in [3.8, 4) is 0 Å². The van der Waals surface area contributed by atoms with E-state index in [1.165, 1.54) is 0 Å². The van der Waals surface area contributed by atoms with E-state index in [4.69, 9.17) is 10.6 Å². The van der Waals surface area contributed by atoms with Gasteiger partial charge < -0.3 is 10.2 Å². The molecule has 0 radical (unpaired) electrons. The van der Waals surface area contributed by atoms with E-state index in [2.05, 4.69) is 10.4 Å². The predicted molar refractivity (Wildman–Crippen MR) is 57.3 cm³/mol. The molecule has 0 amide bonds. The molecule has 76 valence electrons. The standard InChI is InChI=1S/C10H15N3O/c1-8(14-2)10(13-11)12-9-6-4-3-5-7-9/h3-8H,11H2,1-2H3,(H,12,13). The number of nitrogens with zero attached hydrogens (tertiary/aromatic N) is 1. The average Bonchev–Trinajstić information content (AvgIpc) is 2.26. The Kier molecular flexibility index (Phi) is 4.10. The Morgan fingerprint density at radius 1 is 1.43 bits per heavy atom. The van der Waals surface area contributed by atoms with E-state index >= 15 is 0 Å². The summed E-state index contributed by atoms with van der Waals surface area (Å²) in [6.07, 6.45) is -0.139. The molecule has 4 heteroatoms. The number of methoxy groups -OCH3 is 1. The zero-order chi connectivity index (χ0) is 10.4. The molecule has 1 aromatic rings. The van der Waals surface area contributed by atoms with Gasteiger partial charge in [-0.05, 0) is 19.1 Å². The minimum atomic E-state index is -0.139. The van der Waals surface area contributed by atoms with Crippen LogP contribution in [0.3, 0.4) is 0 Å². The van der Waals surface area contributed by atoms with Gasteiger partial charge >= 0.3 is 0 Å². The SMILES string of the molecule is COC(C)C(=Nc1ccccc1)NN. The molecule has 1 aromatic carbocycles. The molecular formula is C10H15N3O. The predicted octanol–water partition coefficient (Wildman–Crippen LogP) is 1.21. The first-order chi connectivity index (χ1) is 6.77. The number of nitrogens with two attached hydrogens (primary N) is 1.